The molecule has 0 radical (unpaired) electrons. The van der Waals surface area contributed by atoms with Gasteiger partial charge in [0.1, 0.15) is 19.3 Å². The highest BCUT2D eigenvalue weighted by Gasteiger charge is 2.30. The van der Waals surface area contributed by atoms with Crippen molar-refractivity contribution in [2.75, 3.05) is 39.6 Å². The van der Waals surface area contributed by atoms with Gasteiger partial charge in [0.05, 0.1) is 26.4 Å². The van der Waals surface area contributed by atoms with Crippen molar-refractivity contribution in [2.24, 2.45) is 23.7 Å². The molecular formula is C80H156O17P2. The van der Waals surface area contributed by atoms with Crippen LogP contribution in [0, 0.1) is 23.7 Å². The van der Waals surface area contributed by atoms with Gasteiger partial charge in [-0.2, -0.15) is 0 Å². The van der Waals surface area contributed by atoms with Crippen molar-refractivity contribution < 1.29 is 80.2 Å². The first kappa shape index (κ1) is 97.1. The Bertz CT molecular complexity index is 1940. The summed E-state index contributed by atoms with van der Waals surface area (Å²) in [5.41, 5.74) is 0. The zero-order chi connectivity index (χ0) is 73.1. The summed E-state index contributed by atoms with van der Waals surface area (Å²) in [5, 5.41) is 10.6. The van der Waals surface area contributed by atoms with Gasteiger partial charge < -0.3 is 33.8 Å². The predicted octanol–water partition coefficient (Wildman–Crippen LogP) is 23.6. The van der Waals surface area contributed by atoms with Crippen molar-refractivity contribution in [3.8, 4) is 0 Å². The highest BCUT2D eigenvalue weighted by Crippen LogP contribution is 2.45. The number of ether oxygens (including phenoxy) is 4. The zero-order valence-electron chi connectivity index (χ0n) is 65.1. The minimum atomic E-state index is -4.96. The standard InChI is InChI=1S/C80H156O17P2/c1-70(2)56-48-40-32-25-20-16-13-11-9-10-12-14-18-22-28-37-46-54-62-80(85)97-76(67-91-78(83)61-53-45-39-31-35-43-51-59-73(7)8)69-95-99(88,89)93-65-74(81)64-92-98(86,87)94-68-75(66-90-77(82)60-52-44-36-30-24-27-34-42-50-58-72(5)6)96-79(84)63-55-47-38-29-23-19-15-17-21-26-33-41-49-57-71(3)4/h70-76,81H,9-69H2,1-8H3,(H,86,87)(H,88,89)/t74?,75-,76-/m1/s1. The number of phosphoric acid groups is 2. The quantitative estimate of drug-likeness (QED) is 0.0222. The van der Waals surface area contributed by atoms with E-state index >= 15 is 0 Å². The van der Waals surface area contributed by atoms with Crippen LogP contribution in [0.25, 0.3) is 0 Å². The molecule has 3 N–H and O–H groups in total. The van der Waals surface area contributed by atoms with Gasteiger partial charge in [-0.15, -0.1) is 0 Å². The van der Waals surface area contributed by atoms with E-state index in [-0.39, 0.29) is 25.7 Å². The third-order valence-corrected chi connectivity index (χ3v) is 20.5. The molecule has 588 valence electrons. The Morgan fingerprint density at radius 3 is 0.626 bits per heavy atom. The van der Waals surface area contributed by atoms with E-state index in [2.05, 4.69) is 55.4 Å². The van der Waals surface area contributed by atoms with E-state index in [0.717, 1.165) is 114 Å². The van der Waals surface area contributed by atoms with E-state index < -0.39 is 97.5 Å². The SMILES string of the molecule is CC(C)CCCCCCCCCCCCCCCCCCCCC(=O)O[C@H](COC(=O)CCCCCCCCCC(C)C)COP(=O)(O)OCC(O)COP(=O)(O)OC[C@@H](COC(=O)CCCCCCCCCCCC(C)C)OC(=O)CCCCCCCCCCCCCCCC(C)C. The normalized spacial score (nSPS) is 14.1. The predicted molar refractivity (Wildman–Crippen MR) is 404 cm³/mol. The molecule has 0 aromatic rings. The van der Waals surface area contributed by atoms with Gasteiger partial charge in [-0.3, -0.25) is 37.3 Å². The van der Waals surface area contributed by atoms with Crippen molar-refractivity contribution in [1.29, 1.82) is 0 Å². The molecule has 0 saturated carbocycles. The maximum Gasteiger partial charge on any atom is 0.472 e. The maximum atomic E-state index is 13.1. The van der Waals surface area contributed by atoms with Crippen LogP contribution in [0.15, 0.2) is 0 Å². The fourth-order valence-electron chi connectivity index (χ4n) is 12.3. The molecule has 0 fully saturated rings. The number of aliphatic hydroxyl groups is 1. The first-order valence-electron chi connectivity index (χ1n) is 41.2. The van der Waals surface area contributed by atoms with Gasteiger partial charge in [-0.25, -0.2) is 9.13 Å². The van der Waals surface area contributed by atoms with Gasteiger partial charge in [-0.05, 0) is 49.4 Å². The number of hydrogen-bond donors (Lipinski definition) is 3. The minimum absolute atomic E-state index is 0.106. The van der Waals surface area contributed by atoms with Crippen molar-refractivity contribution >= 4 is 39.5 Å². The molecule has 0 rings (SSSR count). The van der Waals surface area contributed by atoms with Crippen LogP contribution in [0.4, 0.5) is 0 Å². The van der Waals surface area contributed by atoms with E-state index in [1.54, 1.807) is 0 Å². The van der Waals surface area contributed by atoms with E-state index in [9.17, 15) is 43.2 Å². The van der Waals surface area contributed by atoms with Crippen LogP contribution in [-0.2, 0) is 65.4 Å². The monoisotopic (exact) mass is 1450 g/mol. The molecular weight excluding hydrogens is 1290 g/mol. The average molecular weight is 1450 g/mol. The number of aliphatic hydroxyl groups excluding tert-OH is 1. The number of hydrogen-bond acceptors (Lipinski definition) is 15. The Morgan fingerprint density at radius 1 is 0.253 bits per heavy atom. The van der Waals surface area contributed by atoms with Crippen LogP contribution >= 0.6 is 15.6 Å². The highest BCUT2D eigenvalue weighted by molar-refractivity contribution is 7.47. The minimum Gasteiger partial charge on any atom is -0.462 e. The zero-order valence-corrected chi connectivity index (χ0v) is 66.9. The lowest BCUT2D eigenvalue weighted by Gasteiger charge is -2.21. The Hall–Kier alpha value is -1.94. The molecule has 0 aromatic heterocycles. The number of rotatable bonds is 77. The van der Waals surface area contributed by atoms with Gasteiger partial charge in [0, 0.05) is 25.7 Å². The van der Waals surface area contributed by atoms with Crippen molar-refractivity contribution in [3.05, 3.63) is 0 Å². The molecule has 0 aliphatic rings. The van der Waals surface area contributed by atoms with Crippen LogP contribution in [0.1, 0.15) is 409 Å². The van der Waals surface area contributed by atoms with Gasteiger partial charge in [-0.1, -0.05) is 357 Å². The fourth-order valence-corrected chi connectivity index (χ4v) is 13.8. The Morgan fingerprint density at radius 2 is 0.424 bits per heavy atom. The average Bonchev–Trinajstić information content (AvgIpc) is 1.09. The van der Waals surface area contributed by atoms with E-state index in [1.165, 1.54) is 205 Å². The lowest BCUT2D eigenvalue weighted by Crippen LogP contribution is -2.30. The van der Waals surface area contributed by atoms with Crippen LogP contribution in [0.5, 0.6) is 0 Å². The third kappa shape index (κ3) is 74.1. The summed E-state index contributed by atoms with van der Waals surface area (Å²) < 4.78 is 68.6. The third-order valence-electron chi connectivity index (χ3n) is 18.6. The van der Waals surface area contributed by atoms with E-state index in [4.69, 9.17) is 37.0 Å². The van der Waals surface area contributed by atoms with Crippen LogP contribution in [-0.4, -0.2) is 96.7 Å². The number of esters is 4. The summed E-state index contributed by atoms with van der Waals surface area (Å²) in [4.78, 5) is 72.9. The lowest BCUT2D eigenvalue weighted by molar-refractivity contribution is -0.161. The molecule has 0 saturated heterocycles. The molecule has 0 bridgehead atoms. The van der Waals surface area contributed by atoms with E-state index in [1.807, 2.05) is 0 Å². The first-order chi connectivity index (χ1) is 47.6. The lowest BCUT2D eigenvalue weighted by atomic mass is 10.0. The summed E-state index contributed by atoms with van der Waals surface area (Å²) in [6, 6.07) is 0. The van der Waals surface area contributed by atoms with Crippen molar-refractivity contribution in [1.82, 2.24) is 0 Å². The molecule has 19 heteroatoms. The van der Waals surface area contributed by atoms with Crippen molar-refractivity contribution in [3.63, 3.8) is 0 Å². The van der Waals surface area contributed by atoms with Crippen molar-refractivity contribution in [2.45, 2.75) is 427 Å². The van der Waals surface area contributed by atoms with Crippen LogP contribution in [0.2, 0.25) is 0 Å². The maximum absolute atomic E-state index is 13.1. The fraction of sp³-hybridized carbons (Fsp3) is 0.950. The molecule has 0 heterocycles. The van der Waals surface area contributed by atoms with E-state index in [0.29, 0.717) is 31.6 Å². The van der Waals surface area contributed by atoms with Gasteiger partial charge in [0.15, 0.2) is 12.2 Å². The topological polar surface area (TPSA) is 237 Å². The van der Waals surface area contributed by atoms with Gasteiger partial charge >= 0.3 is 39.5 Å². The summed E-state index contributed by atoms with van der Waals surface area (Å²) in [6.45, 7) is 14.2. The summed E-state index contributed by atoms with van der Waals surface area (Å²) in [6.07, 6.45) is 55.7. The Kier molecular flexibility index (Phi) is 67.8. The molecule has 0 spiro atoms. The largest absolute Gasteiger partial charge is 0.472 e. The number of unbranched alkanes of at least 4 members (excludes halogenated alkanes) is 43. The Balaban J connectivity index is 5.20. The summed E-state index contributed by atoms with van der Waals surface area (Å²) in [5.74, 6) is 0.939. The molecule has 0 aliphatic carbocycles. The molecule has 3 unspecified atom stereocenters. The molecule has 0 amide bonds. The molecule has 0 aliphatic heterocycles. The number of phosphoric ester groups is 2. The van der Waals surface area contributed by atoms with Crippen LogP contribution in [0.3, 0.4) is 0 Å². The summed E-state index contributed by atoms with van der Waals surface area (Å²) >= 11 is 0. The molecule has 5 atom stereocenters. The first-order valence-corrected chi connectivity index (χ1v) is 44.2. The van der Waals surface area contributed by atoms with Crippen LogP contribution < -0.4 is 0 Å². The van der Waals surface area contributed by atoms with Gasteiger partial charge in [0.25, 0.3) is 0 Å². The number of carbonyl (C=O) groups excluding carboxylic acids is 4. The Labute approximate surface area is 607 Å². The van der Waals surface area contributed by atoms with Gasteiger partial charge in [0.2, 0.25) is 0 Å². The highest BCUT2D eigenvalue weighted by atomic mass is 31.2. The second-order valence-corrected chi connectivity index (χ2v) is 33.6. The summed E-state index contributed by atoms with van der Waals surface area (Å²) in [7, 11) is -9.92. The molecule has 0 aromatic carbocycles. The molecule has 99 heavy (non-hydrogen) atoms. The number of carbonyl (C=O) groups is 4. The second kappa shape index (κ2) is 69.1. The molecule has 17 nitrogen and oxygen atoms in total. The smallest absolute Gasteiger partial charge is 0.462 e. The second-order valence-electron chi connectivity index (χ2n) is 30.7.